The molecule has 4 aromatic rings. The van der Waals surface area contributed by atoms with Crippen molar-refractivity contribution in [3.8, 4) is 0 Å². The summed E-state index contributed by atoms with van der Waals surface area (Å²) in [7, 11) is 0. The van der Waals surface area contributed by atoms with E-state index in [1.807, 2.05) is 60.4 Å². The van der Waals surface area contributed by atoms with E-state index in [1.165, 1.54) is 5.56 Å². The van der Waals surface area contributed by atoms with Crippen LogP contribution in [0.15, 0.2) is 66.9 Å². The zero-order valence-electron chi connectivity index (χ0n) is 18.8. The third-order valence-corrected chi connectivity index (χ3v) is 5.89. The molecule has 1 aliphatic rings. The molecule has 2 aromatic carbocycles. The second-order valence-electron chi connectivity index (χ2n) is 8.35. The monoisotopic (exact) mass is 438 g/mol. The molecule has 3 heterocycles. The van der Waals surface area contributed by atoms with E-state index < -0.39 is 0 Å². The van der Waals surface area contributed by atoms with Gasteiger partial charge in [-0.3, -0.25) is 9.78 Å². The number of nitrogens with zero attached hydrogens (tertiary/aromatic N) is 5. The Morgan fingerprint density at radius 3 is 2.45 bits per heavy atom. The van der Waals surface area contributed by atoms with Crippen molar-refractivity contribution in [2.45, 2.75) is 13.8 Å². The summed E-state index contributed by atoms with van der Waals surface area (Å²) in [6.07, 6.45) is 1.70. The Morgan fingerprint density at radius 1 is 0.909 bits per heavy atom. The number of carbonyl (C=O) groups excluding carboxylic acids is 1. The number of aromatic nitrogens is 3. The third kappa shape index (κ3) is 4.48. The van der Waals surface area contributed by atoms with Crippen LogP contribution in [0.3, 0.4) is 0 Å². The van der Waals surface area contributed by atoms with Crippen LogP contribution in [-0.4, -0.2) is 51.9 Å². The van der Waals surface area contributed by atoms with Crippen molar-refractivity contribution in [2.24, 2.45) is 0 Å². The lowest BCUT2D eigenvalue weighted by atomic mass is 10.1. The number of aryl methyl sites for hydroxylation is 2. The summed E-state index contributed by atoms with van der Waals surface area (Å²) in [6, 6.07) is 20.0. The standard InChI is InChI=1S/C26H26N6O/c1-18-7-9-21(10-8-18)29-23-17-19(2)28-26(30-23)32-15-13-31(14-16-32)25(33)24-22-6-4-3-5-20(22)11-12-27-24/h3-12,17H,13-16H2,1-2H3,(H,28,29,30). The van der Waals surface area contributed by atoms with Gasteiger partial charge in [-0.15, -0.1) is 0 Å². The highest BCUT2D eigenvalue weighted by Crippen LogP contribution is 2.22. The van der Waals surface area contributed by atoms with Gasteiger partial charge >= 0.3 is 0 Å². The lowest BCUT2D eigenvalue weighted by molar-refractivity contribution is 0.0742. The van der Waals surface area contributed by atoms with Gasteiger partial charge in [0.2, 0.25) is 5.95 Å². The molecule has 0 atom stereocenters. The van der Waals surface area contributed by atoms with Crippen molar-refractivity contribution in [1.29, 1.82) is 0 Å². The molecule has 7 heteroatoms. The van der Waals surface area contributed by atoms with Crippen LogP contribution in [0.4, 0.5) is 17.5 Å². The number of rotatable bonds is 4. The van der Waals surface area contributed by atoms with Crippen molar-refractivity contribution in [3.05, 3.63) is 83.8 Å². The summed E-state index contributed by atoms with van der Waals surface area (Å²) in [5.41, 5.74) is 3.61. The van der Waals surface area contributed by atoms with Gasteiger partial charge in [0.1, 0.15) is 11.5 Å². The number of benzene rings is 2. The Labute approximate surface area is 193 Å². The van der Waals surface area contributed by atoms with Gasteiger partial charge in [0, 0.05) is 55.2 Å². The van der Waals surface area contributed by atoms with E-state index in [0.717, 1.165) is 28.0 Å². The quantitative estimate of drug-likeness (QED) is 0.511. The van der Waals surface area contributed by atoms with E-state index in [1.54, 1.807) is 6.20 Å². The van der Waals surface area contributed by atoms with Crippen LogP contribution >= 0.6 is 0 Å². The maximum Gasteiger partial charge on any atom is 0.273 e. The van der Waals surface area contributed by atoms with Gasteiger partial charge in [0.05, 0.1) is 0 Å². The summed E-state index contributed by atoms with van der Waals surface area (Å²) in [5, 5.41) is 5.28. The van der Waals surface area contributed by atoms with Crippen LogP contribution in [0.1, 0.15) is 21.7 Å². The molecule has 0 radical (unpaired) electrons. The van der Waals surface area contributed by atoms with E-state index in [9.17, 15) is 4.79 Å². The fourth-order valence-electron chi connectivity index (χ4n) is 4.09. The summed E-state index contributed by atoms with van der Waals surface area (Å²) < 4.78 is 0. The number of anilines is 3. The minimum absolute atomic E-state index is 0.0293. The van der Waals surface area contributed by atoms with Crippen molar-refractivity contribution in [2.75, 3.05) is 36.4 Å². The van der Waals surface area contributed by atoms with Gasteiger partial charge < -0.3 is 15.1 Å². The number of piperazine rings is 1. The molecule has 0 bridgehead atoms. The molecule has 1 amide bonds. The van der Waals surface area contributed by atoms with Crippen LogP contribution in [0.2, 0.25) is 0 Å². The molecule has 33 heavy (non-hydrogen) atoms. The molecule has 7 nitrogen and oxygen atoms in total. The van der Waals surface area contributed by atoms with Gasteiger partial charge in [-0.2, -0.15) is 4.98 Å². The first-order valence-corrected chi connectivity index (χ1v) is 11.1. The zero-order valence-corrected chi connectivity index (χ0v) is 18.8. The second-order valence-corrected chi connectivity index (χ2v) is 8.35. The number of carbonyl (C=O) groups is 1. The highest BCUT2D eigenvalue weighted by atomic mass is 16.2. The normalized spacial score (nSPS) is 13.9. The molecule has 1 fully saturated rings. The molecule has 1 saturated heterocycles. The largest absolute Gasteiger partial charge is 0.340 e. The van der Waals surface area contributed by atoms with Gasteiger partial charge in [-0.25, -0.2) is 4.98 Å². The Balaban J connectivity index is 1.29. The number of hydrogen-bond acceptors (Lipinski definition) is 6. The van der Waals surface area contributed by atoms with Crippen molar-refractivity contribution >= 4 is 34.1 Å². The molecular weight excluding hydrogens is 412 g/mol. The van der Waals surface area contributed by atoms with E-state index in [2.05, 4.69) is 39.2 Å². The molecule has 0 spiro atoms. The summed E-state index contributed by atoms with van der Waals surface area (Å²) in [5.74, 6) is 1.41. The van der Waals surface area contributed by atoms with E-state index >= 15 is 0 Å². The zero-order chi connectivity index (χ0) is 22.8. The van der Waals surface area contributed by atoms with Crippen LogP contribution in [0, 0.1) is 13.8 Å². The first-order chi connectivity index (χ1) is 16.1. The number of hydrogen-bond donors (Lipinski definition) is 1. The molecule has 5 rings (SSSR count). The molecule has 0 unspecified atom stereocenters. The van der Waals surface area contributed by atoms with Crippen molar-refractivity contribution < 1.29 is 4.79 Å². The minimum Gasteiger partial charge on any atom is -0.340 e. The van der Waals surface area contributed by atoms with Crippen molar-refractivity contribution in [1.82, 2.24) is 19.9 Å². The van der Waals surface area contributed by atoms with Gasteiger partial charge in [0.15, 0.2) is 0 Å². The fraction of sp³-hybridized carbons (Fsp3) is 0.231. The van der Waals surface area contributed by atoms with Gasteiger partial charge in [-0.05, 0) is 37.4 Å². The fourth-order valence-corrected chi connectivity index (χ4v) is 4.09. The number of pyridine rings is 1. The predicted octanol–water partition coefficient (Wildman–Crippen LogP) is 4.35. The van der Waals surface area contributed by atoms with E-state index in [-0.39, 0.29) is 5.91 Å². The first kappa shape index (κ1) is 20.9. The molecule has 1 N–H and O–H groups in total. The van der Waals surface area contributed by atoms with Gasteiger partial charge in [0.25, 0.3) is 5.91 Å². The SMILES string of the molecule is Cc1ccc(Nc2cc(C)nc(N3CCN(C(=O)c4nccc5ccccc45)CC3)n2)cc1. The molecule has 0 aliphatic carbocycles. The summed E-state index contributed by atoms with van der Waals surface area (Å²) in [6.45, 7) is 6.58. The smallest absolute Gasteiger partial charge is 0.273 e. The minimum atomic E-state index is -0.0293. The Kier molecular flexibility index (Phi) is 5.60. The van der Waals surface area contributed by atoms with Crippen LogP contribution in [0.5, 0.6) is 0 Å². The van der Waals surface area contributed by atoms with Gasteiger partial charge in [-0.1, -0.05) is 42.0 Å². The number of nitrogens with one attached hydrogen (secondary N) is 1. The average molecular weight is 439 g/mol. The van der Waals surface area contributed by atoms with Crippen molar-refractivity contribution in [3.63, 3.8) is 0 Å². The first-order valence-electron chi connectivity index (χ1n) is 11.1. The number of fused-ring (bicyclic) bond motifs is 1. The molecule has 166 valence electrons. The Hall–Kier alpha value is -4.00. The van der Waals surface area contributed by atoms with Crippen LogP contribution in [0.25, 0.3) is 10.8 Å². The third-order valence-electron chi connectivity index (χ3n) is 5.89. The molecule has 0 saturated carbocycles. The maximum atomic E-state index is 13.2. The average Bonchev–Trinajstić information content (AvgIpc) is 2.84. The predicted molar refractivity (Wildman–Crippen MR) is 131 cm³/mol. The summed E-state index contributed by atoms with van der Waals surface area (Å²) in [4.78, 5) is 31.0. The van der Waals surface area contributed by atoms with Crippen LogP contribution in [-0.2, 0) is 0 Å². The second kappa shape index (κ2) is 8.86. The number of amides is 1. The highest BCUT2D eigenvalue weighted by molar-refractivity contribution is 6.05. The van der Waals surface area contributed by atoms with Crippen LogP contribution < -0.4 is 10.2 Å². The lowest BCUT2D eigenvalue weighted by Gasteiger charge is -2.35. The highest BCUT2D eigenvalue weighted by Gasteiger charge is 2.25. The molecular formula is C26H26N6O. The molecule has 1 aliphatic heterocycles. The lowest BCUT2D eigenvalue weighted by Crippen LogP contribution is -2.49. The van der Waals surface area contributed by atoms with E-state index in [0.29, 0.717) is 37.8 Å². The molecule has 2 aromatic heterocycles. The Morgan fingerprint density at radius 2 is 1.67 bits per heavy atom. The Bertz CT molecular complexity index is 1290. The topological polar surface area (TPSA) is 74.2 Å². The summed E-state index contributed by atoms with van der Waals surface area (Å²) >= 11 is 0. The van der Waals surface area contributed by atoms with E-state index in [4.69, 9.17) is 4.98 Å². The maximum absolute atomic E-state index is 13.2.